The van der Waals surface area contributed by atoms with E-state index in [9.17, 15) is 9.90 Å². The molecule has 0 saturated carbocycles. The van der Waals surface area contributed by atoms with Crippen LogP contribution in [0.15, 0.2) is 0 Å². The lowest BCUT2D eigenvalue weighted by Crippen LogP contribution is -2.49. The second-order valence-electron chi connectivity index (χ2n) is 5.61. The van der Waals surface area contributed by atoms with Gasteiger partial charge in [0, 0.05) is 12.1 Å². The van der Waals surface area contributed by atoms with Crippen LogP contribution in [-0.2, 0) is 4.79 Å². The molecule has 1 fully saturated rings. The molecule has 1 saturated heterocycles. The lowest BCUT2D eigenvalue weighted by Gasteiger charge is -2.31. The summed E-state index contributed by atoms with van der Waals surface area (Å²) < 4.78 is 0. The zero-order valence-corrected chi connectivity index (χ0v) is 12.1. The van der Waals surface area contributed by atoms with Gasteiger partial charge in [0.2, 0.25) is 5.91 Å². The van der Waals surface area contributed by atoms with Gasteiger partial charge in [-0.2, -0.15) is 0 Å². The molecule has 1 aliphatic heterocycles. The van der Waals surface area contributed by atoms with E-state index in [4.69, 9.17) is 0 Å². The first kappa shape index (κ1) is 15.4. The summed E-state index contributed by atoms with van der Waals surface area (Å²) in [5.74, 6) is 0.113. The Morgan fingerprint density at radius 2 is 2.11 bits per heavy atom. The normalized spacial score (nSPS) is 25.7. The average molecular weight is 256 g/mol. The zero-order valence-electron chi connectivity index (χ0n) is 12.1. The fraction of sp³-hybridized carbons (Fsp3) is 0.929. The molecule has 0 aromatic heterocycles. The van der Waals surface area contributed by atoms with Gasteiger partial charge < -0.3 is 10.4 Å². The van der Waals surface area contributed by atoms with Gasteiger partial charge in [0.15, 0.2) is 0 Å². The molecule has 0 aliphatic carbocycles. The van der Waals surface area contributed by atoms with E-state index in [0.29, 0.717) is 6.04 Å². The van der Waals surface area contributed by atoms with Crippen molar-refractivity contribution in [3.05, 3.63) is 0 Å². The molecular weight excluding hydrogens is 228 g/mol. The molecule has 1 aliphatic rings. The predicted molar refractivity (Wildman–Crippen MR) is 73.4 cm³/mol. The van der Waals surface area contributed by atoms with E-state index in [1.54, 1.807) is 0 Å². The number of aliphatic hydroxyl groups excluding tert-OH is 1. The van der Waals surface area contributed by atoms with Gasteiger partial charge in [0.05, 0.1) is 12.1 Å². The number of carbonyl (C=O) groups is 1. The summed E-state index contributed by atoms with van der Waals surface area (Å²) in [5, 5.41) is 12.5. The zero-order chi connectivity index (χ0) is 13.7. The topological polar surface area (TPSA) is 52.6 Å². The quantitative estimate of drug-likeness (QED) is 0.757. The van der Waals surface area contributed by atoms with Crippen LogP contribution in [0.1, 0.15) is 53.4 Å². The fourth-order valence-corrected chi connectivity index (χ4v) is 2.63. The van der Waals surface area contributed by atoms with E-state index < -0.39 is 0 Å². The molecule has 18 heavy (non-hydrogen) atoms. The summed E-state index contributed by atoms with van der Waals surface area (Å²) in [6.45, 7) is 8.86. The average Bonchev–Trinajstić information content (AvgIpc) is 2.74. The Kier molecular flexibility index (Phi) is 6.09. The van der Waals surface area contributed by atoms with Crippen LogP contribution in [0.5, 0.6) is 0 Å². The number of nitrogens with one attached hydrogen (secondary N) is 1. The van der Waals surface area contributed by atoms with Crippen molar-refractivity contribution in [2.45, 2.75) is 77.6 Å². The van der Waals surface area contributed by atoms with Crippen LogP contribution >= 0.6 is 0 Å². The molecule has 0 spiro atoms. The molecule has 1 rings (SSSR count). The standard InChI is InChI=1S/C14H28N2O2/c1-5-10(2)15-14(18)12(4)16-8-6-7-13(16)9-11(3)17/h10-13,17H,5-9H2,1-4H3,(H,15,18). The van der Waals surface area contributed by atoms with Gasteiger partial charge in [0.25, 0.3) is 0 Å². The van der Waals surface area contributed by atoms with Crippen LogP contribution in [0.2, 0.25) is 0 Å². The summed E-state index contributed by atoms with van der Waals surface area (Å²) in [4.78, 5) is 14.4. The number of aliphatic hydroxyl groups is 1. The smallest absolute Gasteiger partial charge is 0.237 e. The minimum absolute atomic E-state index is 0.0924. The molecule has 4 atom stereocenters. The molecular formula is C14H28N2O2. The Labute approximate surface area is 111 Å². The highest BCUT2D eigenvalue weighted by molar-refractivity contribution is 5.81. The van der Waals surface area contributed by atoms with Crippen LogP contribution < -0.4 is 5.32 Å². The summed E-state index contributed by atoms with van der Waals surface area (Å²) in [6, 6.07) is 0.491. The van der Waals surface area contributed by atoms with Crippen molar-refractivity contribution in [3.63, 3.8) is 0 Å². The minimum Gasteiger partial charge on any atom is -0.393 e. The van der Waals surface area contributed by atoms with Crippen molar-refractivity contribution in [1.29, 1.82) is 0 Å². The molecule has 2 N–H and O–H groups in total. The van der Waals surface area contributed by atoms with E-state index in [0.717, 1.165) is 32.2 Å². The maximum atomic E-state index is 12.1. The lowest BCUT2D eigenvalue weighted by atomic mass is 10.1. The number of carbonyl (C=O) groups excluding carboxylic acids is 1. The van der Waals surface area contributed by atoms with Gasteiger partial charge in [-0.25, -0.2) is 0 Å². The highest BCUT2D eigenvalue weighted by Gasteiger charge is 2.32. The maximum absolute atomic E-state index is 12.1. The summed E-state index contributed by atoms with van der Waals surface area (Å²) in [6.07, 6.45) is 3.64. The number of nitrogens with zero attached hydrogens (tertiary/aromatic N) is 1. The molecule has 4 nitrogen and oxygen atoms in total. The van der Waals surface area contributed by atoms with Crippen LogP contribution in [0.4, 0.5) is 0 Å². The van der Waals surface area contributed by atoms with E-state index in [-0.39, 0.29) is 24.1 Å². The van der Waals surface area contributed by atoms with E-state index in [2.05, 4.69) is 17.1 Å². The highest BCUT2D eigenvalue weighted by atomic mass is 16.3. The third-order valence-corrected chi connectivity index (χ3v) is 3.91. The van der Waals surface area contributed by atoms with Crippen molar-refractivity contribution in [2.24, 2.45) is 0 Å². The summed E-state index contributed by atoms with van der Waals surface area (Å²) >= 11 is 0. The van der Waals surface area contributed by atoms with Gasteiger partial charge in [-0.15, -0.1) is 0 Å². The third-order valence-electron chi connectivity index (χ3n) is 3.91. The molecule has 1 heterocycles. The fourth-order valence-electron chi connectivity index (χ4n) is 2.63. The Hall–Kier alpha value is -0.610. The molecule has 0 aromatic rings. The number of hydrogen-bond acceptors (Lipinski definition) is 3. The Balaban J connectivity index is 2.53. The van der Waals surface area contributed by atoms with Crippen LogP contribution in [-0.4, -0.2) is 46.7 Å². The van der Waals surface area contributed by atoms with Crippen molar-refractivity contribution in [3.8, 4) is 0 Å². The Morgan fingerprint density at radius 1 is 1.44 bits per heavy atom. The highest BCUT2D eigenvalue weighted by Crippen LogP contribution is 2.23. The van der Waals surface area contributed by atoms with E-state index >= 15 is 0 Å². The van der Waals surface area contributed by atoms with Crippen LogP contribution in [0.3, 0.4) is 0 Å². The van der Waals surface area contributed by atoms with Gasteiger partial charge >= 0.3 is 0 Å². The van der Waals surface area contributed by atoms with Gasteiger partial charge in [-0.3, -0.25) is 9.69 Å². The van der Waals surface area contributed by atoms with Crippen molar-refractivity contribution in [1.82, 2.24) is 10.2 Å². The number of likely N-dealkylation sites (tertiary alicyclic amines) is 1. The summed E-state index contributed by atoms with van der Waals surface area (Å²) in [5.41, 5.74) is 0. The van der Waals surface area contributed by atoms with Crippen molar-refractivity contribution in [2.75, 3.05) is 6.54 Å². The molecule has 1 amide bonds. The van der Waals surface area contributed by atoms with Crippen molar-refractivity contribution < 1.29 is 9.90 Å². The SMILES string of the molecule is CCC(C)NC(=O)C(C)N1CCCC1CC(C)O. The predicted octanol–water partition coefficient (Wildman–Crippen LogP) is 1.52. The first-order valence-corrected chi connectivity index (χ1v) is 7.19. The molecule has 4 heteroatoms. The number of amides is 1. The van der Waals surface area contributed by atoms with Gasteiger partial charge in [-0.1, -0.05) is 6.92 Å². The lowest BCUT2D eigenvalue weighted by molar-refractivity contribution is -0.127. The Bertz CT molecular complexity index is 269. The monoisotopic (exact) mass is 256 g/mol. The maximum Gasteiger partial charge on any atom is 0.237 e. The number of hydrogen-bond donors (Lipinski definition) is 2. The summed E-state index contributed by atoms with van der Waals surface area (Å²) in [7, 11) is 0. The third kappa shape index (κ3) is 4.25. The van der Waals surface area contributed by atoms with Crippen molar-refractivity contribution >= 4 is 5.91 Å². The molecule has 4 unspecified atom stereocenters. The molecule has 106 valence electrons. The largest absolute Gasteiger partial charge is 0.393 e. The van der Waals surface area contributed by atoms with Crippen LogP contribution in [0.25, 0.3) is 0 Å². The van der Waals surface area contributed by atoms with Gasteiger partial charge in [0.1, 0.15) is 0 Å². The molecule has 0 bridgehead atoms. The van der Waals surface area contributed by atoms with E-state index in [1.807, 2.05) is 20.8 Å². The first-order chi connectivity index (χ1) is 8.45. The first-order valence-electron chi connectivity index (χ1n) is 7.19. The minimum atomic E-state index is -0.291. The van der Waals surface area contributed by atoms with Crippen LogP contribution in [0, 0.1) is 0 Å². The Morgan fingerprint density at radius 3 is 2.67 bits per heavy atom. The molecule has 0 aromatic carbocycles. The van der Waals surface area contributed by atoms with Gasteiger partial charge in [-0.05, 0) is 53.0 Å². The number of rotatable bonds is 6. The van der Waals surface area contributed by atoms with E-state index in [1.165, 1.54) is 0 Å². The molecule has 0 radical (unpaired) electrons. The second-order valence-corrected chi connectivity index (χ2v) is 5.61. The second kappa shape index (κ2) is 7.10.